The zero-order valence-electron chi connectivity index (χ0n) is 12.8. The van der Waals surface area contributed by atoms with E-state index in [0.717, 1.165) is 5.66 Å². The molecule has 2 unspecified atom stereocenters. The van der Waals surface area contributed by atoms with Gasteiger partial charge in [-0.3, -0.25) is 0 Å². The van der Waals surface area contributed by atoms with E-state index in [1.54, 1.807) is 0 Å². The van der Waals surface area contributed by atoms with Crippen molar-refractivity contribution in [2.24, 2.45) is 0 Å². The Labute approximate surface area is 129 Å². The van der Waals surface area contributed by atoms with E-state index in [2.05, 4.69) is 23.1 Å². The highest BCUT2D eigenvalue weighted by molar-refractivity contribution is 8.93. The average Bonchev–Trinajstić information content (AvgIpc) is 2.34. The van der Waals surface area contributed by atoms with Crippen molar-refractivity contribution < 1.29 is 0 Å². The van der Waals surface area contributed by atoms with Crippen LogP contribution in [0.4, 0.5) is 0 Å². The van der Waals surface area contributed by atoms with Crippen LogP contribution in [0, 0.1) is 0 Å². The Hall–Kier alpha value is 0.910. The first-order chi connectivity index (χ1) is 8.31. The minimum atomic E-state index is 0. The Morgan fingerprint density at radius 1 is 0.611 bits per heavy atom. The summed E-state index contributed by atoms with van der Waals surface area (Å²) in [4.78, 5) is 0. The normalized spacial score (nSPS) is 12.2. The summed E-state index contributed by atoms with van der Waals surface area (Å²) in [6.45, 7) is 4.58. The van der Waals surface area contributed by atoms with Gasteiger partial charge >= 0.3 is 0 Å². The minimum absolute atomic E-state index is 0. The Morgan fingerprint density at radius 2 is 1.00 bits per heavy atom. The number of hydrogen-bond donors (Lipinski definition) is 0. The first-order valence-electron chi connectivity index (χ1n) is 8.06. The van der Waals surface area contributed by atoms with Crippen molar-refractivity contribution in [1.29, 1.82) is 0 Å². The summed E-state index contributed by atoms with van der Waals surface area (Å²) >= 11 is 0. The van der Waals surface area contributed by atoms with E-state index >= 15 is 0 Å². The van der Waals surface area contributed by atoms with Crippen LogP contribution in [0.3, 0.4) is 0 Å². The SMILES string of the molecule is Br.CCCCCCCCCCCC(P)CCCC. The lowest BCUT2D eigenvalue weighted by molar-refractivity contribution is 0.543. The quantitative estimate of drug-likeness (QED) is 0.252. The Bertz CT molecular complexity index is 139. The molecule has 0 rings (SSSR count). The third-order valence-electron chi connectivity index (χ3n) is 3.61. The highest BCUT2D eigenvalue weighted by Crippen LogP contribution is 2.18. The van der Waals surface area contributed by atoms with Crippen molar-refractivity contribution in [2.75, 3.05) is 0 Å². The first kappa shape index (κ1) is 21.2. The largest absolute Gasteiger partial charge is 0.134 e. The molecule has 2 atom stereocenters. The summed E-state index contributed by atoms with van der Waals surface area (Å²) in [6, 6.07) is 0. The second-order valence-electron chi connectivity index (χ2n) is 5.52. The highest BCUT2D eigenvalue weighted by Gasteiger charge is 2.00. The summed E-state index contributed by atoms with van der Waals surface area (Å²) in [5.41, 5.74) is 0.888. The molecule has 0 nitrogen and oxygen atoms in total. The third-order valence-corrected chi connectivity index (χ3v) is 4.27. The molecule has 0 bridgehead atoms. The van der Waals surface area contributed by atoms with Crippen LogP contribution >= 0.6 is 26.2 Å². The predicted molar refractivity (Wildman–Crippen MR) is 95.2 cm³/mol. The minimum Gasteiger partial charge on any atom is -0.134 e. The molecule has 0 aliphatic rings. The zero-order valence-corrected chi connectivity index (χ0v) is 15.6. The van der Waals surface area contributed by atoms with Crippen molar-refractivity contribution in [1.82, 2.24) is 0 Å². The van der Waals surface area contributed by atoms with Gasteiger partial charge in [-0.15, -0.1) is 26.2 Å². The third kappa shape index (κ3) is 16.9. The molecule has 0 saturated carbocycles. The molecule has 0 N–H and O–H groups in total. The Morgan fingerprint density at radius 3 is 1.50 bits per heavy atom. The second-order valence-corrected chi connectivity index (χ2v) is 6.46. The van der Waals surface area contributed by atoms with Crippen LogP contribution in [0.1, 0.15) is 97.3 Å². The molecule has 0 saturated heterocycles. The lowest BCUT2D eigenvalue weighted by Crippen LogP contribution is -1.97. The van der Waals surface area contributed by atoms with Crippen molar-refractivity contribution >= 4 is 26.2 Å². The van der Waals surface area contributed by atoms with Crippen LogP contribution in [-0.2, 0) is 0 Å². The van der Waals surface area contributed by atoms with Gasteiger partial charge in [0.2, 0.25) is 0 Å². The molecule has 0 aliphatic heterocycles. The summed E-state index contributed by atoms with van der Waals surface area (Å²) in [6.07, 6.45) is 18.7. The van der Waals surface area contributed by atoms with Crippen LogP contribution < -0.4 is 0 Å². The van der Waals surface area contributed by atoms with Gasteiger partial charge in [0.25, 0.3) is 0 Å². The van der Waals surface area contributed by atoms with Gasteiger partial charge in [0.05, 0.1) is 0 Å². The fourth-order valence-electron chi connectivity index (χ4n) is 2.33. The molecule has 0 fully saturated rings. The predicted octanol–water partition coefficient (Wildman–Crippen LogP) is 6.92. The van der Waals surface area contributed by atoms with E-state index in [-0.39, 0.29) is 17.0 Å². The number of rotatable bonds is 13. The monoisotopic (exact) mass is 338 g/mol. The number of unbranched alkanes of at least 4 members (excludes halogenated alkanes) is 9. The molecule has 0 heterocycles. The summed E-state index contributed by atoms with van der Waals surface area (Å²) in [5.74, 6) is 0. The topological polar surface area (TPSA) is 0 Å². The van der Waals surface area contributed by atoms with E-state index in [1.807, 2.05) is 0 Å². The maximum Gasteiger partial charge on any atom is -0.0264 e. The van der Waals surface area contributed by atoms with Gasteiger partial charge in [-0.25, -0.2) is 0 Å². The van der Waals surface area contributed by atoms with E-state index in [4.69, 9.17) is 0 Å². The van der Waals surface area contributed by atoms with Crippen LogP contribution in [0.15, 0.2) is 0 Å². The molecule has 0 radical (unpaired) electrons. The zero-order chi connectivity index (χ0) is 12.8. The van der Waals surface area contributed by atoms with Crippen LogP contribution in [0.25, 0.3) is 0 Å². The molecular formula is C16H36BrP. The maximum absolute atomic E-state index is 3.04. The molecule has 0 aromatic carbocycles. The summed E-state index contributed by atoms with van der Waals surface area (Å²) in [5, 5.41) is 0. The Kier molecular flexibility index (Phi) is 21.1. The van der Waals surface area contributed by atoms with Gasteiger partial charge in [-0.2, -0.15) is 0 Å². The van der Waals surface area contributed by atoms with Crippen LogP contribution in [0.5, 0.6) is 0 Å². The maximum atomic E-state index is 3.04. The number of hydrogen-bond acceptors (Lipinski definition) is 0. The van der Waals surface area contributed by atoms with Crippen molar-refractivity contribution in [3.05, 3.63) is 0 Å². The van der Waals surface area contributed by atoms with E-state index in [1.165, 1.54) is 83.5 Å². The van der Waals surface area contributed by atoms with Gasteiger partial charge in [-0.1, -0.05) is 84.5 Å². The standard InChI is InChI=1S/C16H35P.BrH/c1-3-5-7-8-9-10-11-12-13-15-16(17)14-6-4-2;/h16H,3-15,17H2,1-2H3;1H. The highest BCUT2D eigenvalue weighted by atomic mass is 79.9. The van der Waals surface area contributed by atoms with E-state index in [9.17, 15) is 0 Å². The molecule has 18 heavy (non-hydrogen) atoms. The van der Waals surface area contributed by atoms with Gasteiger partial charge in [0, 0.05) is 0 Å². The lowest BCUT2D eigenvalue weighted by atomic mass is 10.0. The van der Waals surface area contributed by atoms with Gasteiger partial charge in [0.1, 0.15) is 0 Å². The van der Waals surface area contributed by atoms with Gasteiger partial charge in [0.15, 0.2) is 0 Å². The molecule has 112 valence electrons. The molecule has 2 heteroatoms. The second kappa shape index (κ2) is 17.9. The molecule has 0 spiro atoms. The number of halogens is 1. The lowest BCUT2D eigenvalue weighted by Gasteiger charge is -2.09. The van der Waals surface area contributed by atoms with E-state index in [0.29, 0.717) is 0 Å². The molecule has 0 aromatic heterocycles. The fraction of sp³-hybridized carbons (Fsp3) is 1.00. The molecule has 0 aromatic rings. The molecule has 0 amide bonds. The van der Waals surface area contributed by atoms with Crippen molar-refractivity contribution in [3.8, 4) is 0 Å². The average molecular weight is 339 g/mol. The van der Waals surface area contributed by atoms with Crippen molar-refractivity contribution in [3.63, 3.8) is 0 Å². The fourth-order valence-corrected chi connectivity index (χ4v) is 2.80. The first-order valence-corrected chi connectivity index (χ1v) is 8.73. The van der Waals surface area contributed by atoms with Crippen molar-refractivity contribution in [2.45, 2.75) is 103 Å². The summed E-state index contributed by atoms with van der Waals surface area (Å²) < 4.78 is 0. The van der Waals surface area contributed by atoms with Crippen LogP contribution in [-0.4, -0.2) is 5.66 Å². The van der Waals surface area contributed by atoms with E-state index < -0.39 is 0 Å². The van der Waals surface area contributed by atoms with Crippen LogP contribution in [0.2, 0.25) is 0 Å². The Balaban J connectivity index is 0. The van der Waals surface area contributed by atoms with Gasteiger partial charge in [-0.05, 0) is 18.5 Å². The van der Waals surface area contributed by atoms with Gasteiger partial charge < -0.3 is 0 Å². The molecule has 0 aliphatic carbocycles. The summed E-state index contributed by atoms with van der Waals surface area (Å²) in [7, 11) is 3.04. The smallest absolute Gasteiger partial charge is 0.0264 e. The molecular weight excluding hydrogens is 303 g/mol.